The van der Waals surface area contributed by atoms with Crippen LogP contribution in [0.25, 0.3) is 0 Å². The minimum absolute atomic E-state index is 0.228. The molecule has 5 nitrogen and oxygen atoms in total. The Labute approximate surface area is 92.9 Å². The van der Waals surface area contributed by atoms with Gasteiger partial charge in [-0.05, 0) is 0 Å². The van der Waals surface area contributed by atoms with E-state index in [1.54, 1.807) is 11.0 Å². The third-order valence-electron chi connectivity index (χ3n) is 2.39. The van der Waals surface area contributed by atoms with Gasteiger partial charge in [0.1, 0.15) is 12.7 Å². The molecule has 0 aliphatic carbocycles. The molecule has 1 aliphatic rings. The lowest BCUT2D eigenvalue weighted by atomic mass is 10.3. The van der Waals surface area contributed by atoms with E-state index in [4.69, 9.17) is 0 Å². The highest BCUT2D eigenvalue weighted by Crippen LogP contribution is 2.10. The fraction of sp³-hybridized carbons (Fsp3) is 0.667. The number of aryl methyl sites for hydroxylation is 1. The molecule has 0 N–H and O–H groups in total. The number of hydrogen-bond acceptors (Lipinski definition) is 4. The van der Waals surface area contributed by atoms with Gasteiger partial charge < -0.3 is 4.90 Å². The van der Waals surface area contributed by atoms with Gasteiger partial charge in [0.2, 0.25) is 5.91 Å². The first kappa shape index (κ1) is 10.5. The van der Waals surface area contributed by atoms with Gasteiger partial charge in [0, 0.05) is 31.0 Å². The molecule has 0 unspecified atom stereocenters. The molecule has 1 fully saturated rings. The summed E-state index contributed by atoms with van der Waals surface area (Å²) in [5, 5.41) is 3.96. The molecule has 82 valence electrons. The molecule has 0 spiro atoms. The Kier molecular flexibility index (Phi) is 3.60. The summed E-state index contributed by atoms with van der Waals surface area (Å²) in [6.07, 6.45) is 3.65. The van der Waals surface area contributed by atoms with Crippen LogP contribution in [0.5, 0.6) is 0 Å². The fourth-order valence-corrected chi connectivity index (χ4v) is 2.43. The summed E-state index contributed by atoms with van der Waals surface area (Å²) in [6.45, 7) is 2.41. The lowest BCUT2D eigenvalue weighted by Gasteiger charge is -2.26. The van der Waals surface area contributed by atoms with Crippen LogP contribution >= 0.6 is 11.8 Å². The molecule has 1 aromatic heterocycles. The van der Waals surface area contributed by atoms with Gasteiger partial charge in [-0.3, -0.25) is 9.48 Å². The quantitative estimate of drug-likeness (QED) is 0.741. The Hall–Kier alpha value is -1.04. The van der Waals surface area contributed by atoms with Gasteiger partial charge in [-0.15, -0.1) is 0 Å². The number of rotatable bonds is 3. The zero-order chi connectivity index (χ0) is 10.5. The third kappa shape index (κ3) is 2.95. The topological polar surface area (TPSA) is 51.0 Å². The zero-order valence-electron chi connectivity index (χ0n) is 8.50. The van der Waals surface area contributed by atoms with E-state index in [0.717, 1.165) is 24.6 Å². The molecule has 2 rings (SSSR count). The highest BCUT2D eigenvalue weighted by Gasteiger charge is 2.16. The molecule has 2 heterocycles. The van der Waals surface area contributed by atoms with Crippen LogP contribution in [0.2, 0.25) is 0 Å². The summed E-state index contributed by atoms with van der Waals surface area (Å²) in [4.78, 5) is 17.5. The first-order valence-electron chi connectivity index (χ1n) is 5.04. The summed E-state index contributed by atoms with van der Waals surface area (Å²) in [7, 11) is 0. The van der Waals surface area contributed by atoms with Crippen molar-refractivity contribution in [1.82, 2.24) is 19.7 Å². The van der Waals surface area contributed by atoms with Crippen molar-refractivity contribution in [3.05, 3.63) is 12.7 Å². The first-order chi connectivity index (χ1) is 7.36. The van der Waals surface area contributed by atoms with E-state index in [1.165, 1.54) is 6.33 Å². The third-order valence-corrected chi connectivity index (χ3v) is 3.33. The van der Waals surface area contributed by atoms with Crippen LogP contribution in [-0.2, 0) is 11.3 Å². The fourth-order valence-electron chi connectivity index (χ4n) is 1.53. The van der Waals surface area contributed by atoms with Gasteiger partial charge in [0.05, 0.1) is 6.54 Å². The van der Waals surface area contributed by atoms with Crippen LogP contribution in [0, 0.1) is 0 Å². The van der Waals surface area contributed by atoms with Crippen LogP contribution < -0.4 is 0 Å². The SMILES string of the molecule is O=C(CCn1cncn1)N1CCSCC1. The van der Waals surface area contributed by atoms with Gasteiger partial charge in [-0.2, -0.15) is 16.9 Å². The first-order valence-corrected chi connectivity index (χ1v) is 6.19. The number of carbonyl (C=O) groups excluding carboxylic acids is 1. The monoisotopic (exact) mass is 226 g/mol. The van der Waals surface area contributed by atoms with Crippen molar-refractivity contribution < 1.29 is 4.79 Å². The molecule has 6 heteroatoms. The minimum atomic E-state index is 0.228. The number of aromatic nitrogens is 3. The van der Waals surface area contributed by atoms with Gasteiger partial charge >= 0.3 is 0 Å². The average molecular weight is 226 g/mol. The molecule has 1 aliphatic heterocycles. The molecule has 0 radical (unpaired) electrons. The normalized spacial score (nSPS) is 16.7. The molecule has 0 aromatic carbocycles. The molecular formula is C9H14N4OS. The van der Waals surface area contributed by atoms with Gasteiger partial charge in [0.25, 0.3) is 0 Å². The Balaban J connectivity index is 1.76. The second-order valence-corrected chi connectivity index (χ2v) is 4.63. The lowest BCUT2D eigenvalue weighted by Crippen LogP contribution is -2.38. The van der Waals surface area contributed by atoms with Crippen molar-refractivity contribution >= 4 is 17.7 Å². The molecule has 1 saturated heterocycles. The Morgan fingerprint density at radius 3 is 2.87 bits per heavy atom. The summed E-state index contributed by atoms with van der Waals surface area (Å²) >= 11 is 1.91. The van der Waals surface area contributed by atoms with E-state index in [2.05, 4.69) is 10.1 Å². The van der Waals surface area contributed by atoms with Crippen LogP contribution in [0.1, 0.15) is 6.42 Å². The summed E-state index contributed by atoms with van der Waals surface area (Å²) < 4.78 is 1.69. The maximum absolute atomic E-state index is 11.7. The molecule has 0 atom stereocenters. The number of thioether (sulfide) groups is 1. The van der Waals surface area contributed by atoms with E-state index in [1.807, 2.05) is 16.7 Å². The highest BCUT2D eigenvalue weighted by molar-refractivity contribution is 7.99. The van der Waals surface area contributed by atoms with Gasteiger partial charge in [-0.25, -0.2) is 4.98 Å². The number of nitrogens with zero attached hydrogens (tertiary/aromatic N) is 4. The Morgan fingerprint density at radius 2 is 2.20 bits per heavy atom. The second kappa shape index (κ2) is 5.16. The lowest BCUT2D eigenvalue weighted by molar-refractivity contribution is -0.131. The van der Waals surface area contributed by atoms with Crippen molar-refractivity contribution in [3.63, 3.8) is 0 Å². The summed E-state index contributed by atoms with van der Waals surface area (Å²) in [5.41, 5.74) is 0. The molecule has 0 saturated carbocycles. The van der Waals surface area contributed by atoms with Crippen molar-refractivity contribution in [1.29, 1.82) is 0 Å². The van der Waals surface area contributed by atoms with Crippen molar-refractivity contribution in [3.8, 4) is 0 Å². The van der Waals surface area contributed by atoms with Gasteiger partial charge in [-0.1, -0.05) is 0 Å². The molecule has 15 heavy (non-hydrogen) atoms. The number of hydrogen-bond donors (Lipinski definition) is 0. The van der Waals surface area contributed by atoms with Crippen LogP contribution in [0.15, 0.2) is 12.7 Å². The number of carbonyl (C=O) groups is 1. The summed E-state index contributed by atoms with van der Waals surface area (Å²) in [6, 6.07) is 0. The maximum atomic E-state index is 11.7. The molecule has 1 amide bonds. The van der Waals surface area contributed by atoms with Crippen molar-refractivity contribution in [2.75, 3.05) is 24.6 Å². The standard InChI is InChI=1S/C9H14N4OS/c14-9(12-3-5-15-6-4-12)1-2-13-8-10-7-11-13/h7-8H,1-6H2. The van der Waals surface area contributed by atoms with Crippen LogP contribution in [-0.4, -0.2) is 50.2 Å². The largest absolute Gasteiger partial charge is 0.341 e. The van der Waals surface area contributed by atoms with Crippen molar-refractivity contribution in [2.45, 2.75) is 13.0 Å². The van der Waals surface area contributed by atoms with E-state index in [9.17, 15) is 4.79 Å². The Morgan fingerprint density at radius 1 is 1.40 bits per heavy atom. The maximum Gasteiger partial charge on any atom is 0.224 e. The van der Waals surface area contributed by atoms with Crippen molar-refractivity contribution in [2.24, 2.45) is 0 Å². The molecular weight excluding hydrogens is 212 g/mol. The average Bonchev–Trinajstić information content (AvgIpc) is 2.80. The predicted molar refractivity (Wildman–Crippen MR) is 58.5 cm³/mol. The summed E-state index contributed by atoms with van der Waals surface area (Å²) in [5.74, 6) is 2.36. The van der Waals surface area contributed by atoms with Gasteiger partial charge in [0.15, 0.2) is 0 Å². The van der Waals surface area contributed by atoms with E-state index < -0.39 is 0 Å². The molecule has 1 aromatic rings. The molecule has 0 bridgehead atoms. The smallest absolute Gasteiger partial charge is 0.224 e. The Bertz CT molecular complexity index is 308. The van der Waals surface area contributed by atoms with Crippen LogP contribution in [0.4, 0.5) is 0 Å². The van der Waals surface area contributed by atoms with E-state index in [-0.39, 0.29) is 5.91 Å². The predicted octanol–water partition coefficient (Wildman–Crippen LogP) is 0.244. The second-order valence-electron chi connectivity index (χ2n) is 3.40. The number of amides is 1. The van der Waals surface area contributed by atoms with E-state index >= 15 is 0 Å². The van der Waals surface area contributed by atoms with Crippen LogP contribution in [0.3, 0.4) is 0 Å². The van der Waals surface area contributed by atoms with E-state index in [0.29, 0.717) is 13.0 Å². The highest BCUT2D eigenvalue weighted by atomic mass is 32.2. The minimum Gasteiger partial charge on any atom is -0.341 e. The zero-order valence-corrected chi connectivity index (χ0v) is 9.32.